The summed E-state index contributed by atoms with van der Waals surface area (Å²) in [6, 6.07) is 6.11. The number of carbonyl (C=O) groups is 2. The minimum absolute atomic E-state index is 0.0121. The lowest BCUT2D eigenvalue weighted by atomic mass is 10.0. The minimum Gasteiger partial charge on any atom is -0.461 e. The molecule has 2 unspecified atom stereocenters. The van der Waals surface area contributed by atoms with E-state index in [0.29, 0.717) is 6.42 Å². The number of unbranched alkanes of at least 4 members (excludes halogenated alkanes) is 2. The second kappa shape index (κ2) is 9.00. The van der Waals surface area contributed by atoms with Gasteiger partial charge in [-0.1, -0.05) is 12.8 Å². The summed E-state index contributed by atoms with van der Waals surface area (Å²) >= 11 is 0. The molecule has 1 saturated heterocycles. The van der Waals surface area contributed by atoms with Crippen molar-refractivity contribution in [3.63, 3.8) is 0 Å². The molecular formula is C17H23N3O5. The lowest BCUT2D eigenvalue weighted by Gasteiger charge is -2.13. The van der Waals surface area contributed by atoms with Crippen molar-refractivity contribution in [1.29, 1.82) is 0 Å². The zero-order chi connectivity index (χ0) is 18.2. The first kappa shape index (κ1) is 18.7. The van der Waals surface area contributed by atoms with Crippen molar-refractivity contribution in [2.45, 2.75) is 57.7 Å². The molecule has 1 aromatic carbocycles. The summed E-state index contributed by atoms with van der Waals surface area (Å²) in [4.78, 5) is 33.0. The zero-order valence-electron chi connectivity index (χ0n) is 14.2. The van der Waals surface area contributed by atoms with Crippen LogP contribution in [0, 0.1) is 10.1 Å². The van der Waals surface area contributed by atoms with Gasteiger partial charge in [-0.15, -0.1) is 0 Å². The minimum atomic E-state index is -0.469. The van der Waals surface area contributed by atoms with Gasteiger partial charge in [-0.2, -0.15) is 0 Å². The monoisotopic (exact) mass is 349 g/mol. The maximum Gasteiger partial charge on any atom is 0.315 e. The molecule has 8 heteroatoms. The first-order valence-corrected chi connectivity index (χ1v) is 8.41. The normalized spacial score (nSPS) is 19.2. The topological polar surface area (TPSA) is 111 Å². The van der Waals surface area contributed by atoms with E-state index >= 15 is 0 Å². The Balaban J connectivity index is 1.56. The zero-order valence-corrected chi connectivity index (χ0v) is 14.2. The highest BCUT2D eigenvalue weighted by atomic mass is 16.6. The van der Waals surface area contributed by atoms with Crippen LogP contribution in [0.3, 0.4) is 0 Å². The molecule has 1 aliphatic rings. The number of non-ortho nitro benzene ring substituents is 1. The number of nitro groups is 1. The maximum absolute atomic E-state index is 11.7. The van der Waals surface area contributed by atoms with Crippen LogP contribution in [0.5, 0.6) is 0 Å². The Morgan fingerprint density at radius 1 is 1.20 bits per heavy atom. The number of hydrogen-bond donors (Lipinski definition) is 2. The molecule has 136 valence electrons. The van der Waals surface area contributed by atoms with Gasteiger partial charge < -0.3 is 15.4 Å². The van der Waals surface area contributed by atoms with E-state index in [0.717, 1.165) is 31.2 Å². The average Bonchev–Trinajstić information content (AvgIpc) is 2.90. The van der Waals surface area contributed by atoms with Crippen LogP contribution in [0.15, 0.2) is 24.3 Å². The number of rotatable bonds is 9. The van der Waals surface area contributed by atoms with Gasteiger partial charge in [0, 0.05) is 24.6 Å². The summed E-state index contributed by atoms with van der Waals surface area (Å²) < 4.78 is 5.16. The quantitative estimate of drug-likeness (QED) is 0.308. The standard InChI is InChI=1S/C17H23N3O5/c1-12-15(19-17(22)18-12)5-3-2-4-6-16(21)25-11-13-7-9-14(10-8-13)20(23)24/h7-10,12,15H,2-6,11H2,1H3,(H2,18,19,22). The number of ether oxygens (including phenoxy) is 1. The smallest absolute Gasteiger partial charge is 0.315 e. The van der Waals surface area contributed by atoms with Gasteiger partial charge in [0.1, 0.15) is 6.61 Å². The Bertz CT molecular complexity index is 617. The Labute approximate surface area is 146 Å². The third-order valence-corrected chi connectivity index (χ3v) is 4.22. The number of nitrogens with zero attached hydrogens (tertiary/aromatic N) is 1. The van der Waals surface area contributed by atoms with E-state index in [1.54, 1.807) is 12.1 Å². The molecule has 0 aliphatic carbocycles. The van der Waals surface area contributed by atoms with Crippen molar-refractivity contribution >= 4 is 17.7 Å². The molecule has 2 N–H and O–H groups in total. The molecule has 0 spiro atoms. The number of amides is 2. The van der Waals surface area contributed by atoms with Gasteiger partial charge in [-0.05, 0) is 37.5 Å². The molecule has 8 nitrogen and oxygen atoms in total. The lowest BCUT2D eigenvalue weighted by molar-refractivity contribution is -0.384. The van der Waals surface area contributed by atoms with Gasteiger partial charge >= 0.3 is 12.0 Å². The molecule has 1 aromatic rings. The molecular weight excluding hydrogens is 326 g/mol. The van der Waals surface area contributed by atoms with Crippen molar-refractivity contribution < 1.29 is 19.2 Å². The summed E-state index contributed by atoms with van der Waals surface area (Å²) in [6.45, 7) is 2.09. The Morgan fingerprint density at radius 2 is 1.92 bits per heavy atom. The third-order valence-electron chi connectivity index (χ3n) is 4.22. The maximum atomic E-state index is 11.7. The van der Waals surface area contributed by atoms with Crippen LogP contribution in [0.25, 0.3) is 0 Å². The number of urea groups is 1. The molecule has 1 aliphatic heterocycles. The summed E-state index contributed by atoms with van der Waals surface area (Å²) in [5.74, 6) is -0.275. The molecule has 0 radical (unpaired) electrons. The van der Waals surface area contributed by atoms with Crippen molar-refractivity contribution in [2.75, 3.05) is 0 Å². The van der Waals surface area contributed by atoms with Crippen molar-refractivity contribution in [3.05, 3.63) is 39.9 Å². The summed E-state index contributed by atoms with van der Waals surface area (Å²) in [6.07, 6.45) is 3.80. The third kappa shape index (κ3) is 6.06. The van der Waals surface area contributed by atoms with E-state index in [4.69, 9.17) is 4.74 Å². The fourth-order valence-corrected chi connectivity index (χ4v) is 2.72. The van der Waals surface area contributed by atoms with Gasteiger partial charge in [0.05, 0.1) is 11.0 Å². The Hall–Kier alpha value is -2.64. The van der Waals surface area contributed by atoms with E-state index < -0.39 is 4.92 Å². The first-order chi connectivity index (χ1) is 12.0. The van der Waals surface area contributed by atoms with Crippen LogP contribution in [0.2, 0.25) is 0 Å². The second-order valence-electron chi connectivity index (χ2n) is 6.20. The molecule has 2 amide bonds. The summed E-state index contributed by atoms with van der Waals surface area (Å²) in [7, 11) is 0. The molecule has 25 heavy (non-hydrogen) atoms. The molecule has 1 heterocycles. The Morgan fingerprint density at radius 3 is 2.52 bits per heavy atom. The van der Waals surface area contributed by atoms with Crippen LogP contribution in [-0.4, -0.2) is 29.0 Å². The van der Waals surface area contributed by atoms with Crippen molar-refractivity contribution in [2.24, 2.45) is 0 Å². The van der Waals surface area contributed by atoms with Gasteiger partial charge in [0.2, 0.25) is 0 Å². The lowest BCUT2D eigenvalue weighted by Crippen LogP contribution is -2.30. The molecule has 0 aromatic heterocycles. The van der Waals surface area contributed by atoms with E-state index in [1.165, 1.54) is 12.1 Å². The van der Waals surface area contributed by atoms with Crippen molar-refractivity contribution in [3.8, 4) is 0 Å². The van der Waals surface area contributed by atoms with E-state index in [-0.39, 0.29) is 36.4 Å². The summed E-state index contributed by atoms with van der Waals surface area (Å²) in [5, 5.41) is 16.2. The van der Waals surface area contributed by atoms with Crippen LogP contribution in [0.1, 0.15) is 44.6 Å². The van der Waals surface area contributed by atoms with Gasteiger partial charge in [-0.25, -0.2) is 4.79 Å². The van der Waals surface area contributed by atoms with Gasteiger partial charge in [0.15, 0.2) is 0 Å². The number of nitrogens with one attached hydrogen (secondary N) is 2. The average molecular weight is 349 g/mol. The van der Waals surface area contributed by atoms with Crippen LogP contribution < -0.4 is 10.6 Å². The molecule has 2 rings (SSSR count). The predicted octanol–water partition coefficient (Wildman–Crippen LogP) is 2.66. The SMILES string of the molecule is CC1NC(=O)NC1CCCCCC(=O)OCc1ccc([N+](=O)[O-])cc1. The number of esters is 1. The Kier molecular flexibility index (Phi) is 6.73. The van der Waals surface area contributed by atoms with Crippen LogP contribution in [0.4, 0.5) is 10.5 Å². The number of hydrogen-bond acceptors (Lipinski definition) is 5. The van der Waals surface area contributed by atoms with E-state index in [1.807, 2.05) is 6.92 Å². The predicted molar refractivity (Wildman–Crippen MR) is 90.9 cm³/mol. The fourth-order valence-electron chi connectivity index (χ4n) is 2.72. The highest BCUT2D eigenvalue weighted by Crippen LogP contribution is 2.14. The number of nitro benzene ring substituents is 1. The molecule has 0 bridgehead atoms. The highest BCUT2D eigenvalue weighted by molar-refractivity contribution is 5.77. The first-order valence-electron chi connectivity index (χ1n) is 8.41. The van der Waals surface area contributed by atoms with Gasteiger partial charge in [0.25, 0.3) is 5.69 Å². The van der Waals surface area contributed by atoms with Crippen LogP contribution in [-0.2, 0) is 16.1 Å². The van der Waals surface area contributed by atoms with E-state index in [9.17, 15) is 19.7 Å². The molecule has 2 atom stereocenters. The number of benzene rings is 1. The molecule has 0 saturated carbocycles. The fraction of sp³-hybridized carbons (Fsp3) is 0.529. The van der Waals surface area contributed by atoms with Crippen molar-refractivity contribution in [1.82, 2.24) is 10.6 Å². The van der Waals surface area contributed by atoms with E-state index in [2.05, 4.69) is 10.6 Å². The largest absolute Gasteiger partial charge is 0.461 e. The molecule has 1 fully saturated rings. The number of carbonyl (C=O) groups excluding carboxylic acids is 2. The summed E-state index contributed by atoms with van der Waals surface area (Å²) in [5.41, 5.74) is 0.732. The highest BCUT2D eigenvalue weighted by Gasteiger charge is 2.26. The second-order valence-corrected chi connectivity index (χ2v) is 6.20. The van der Waals surface area contributed by atoms with Crippen LogP contribution >= 0.6 is 0 Å². The van der Waals surface area contributed by atoms with Gasteiger partial charge in [-0.3, -0.25) is 14.9 Å².